The Labute approximate surface area is 112 Å². The molecule has 1 aliphatic heterocycles. The van der Waals surface area contributed by atoms with Crippen molar-refractivity contribution in [3.63, 3.8) is 0 Å². The van der Waals surface area contributed by atoms with Crippen molar-refractivity contribution in [2.75, 3.05) is 10.3 Å². The molecule has 2 atom stereocenters. The molecular weight excluding hydrogens is 244 g/mol. The number of nitrogen functional groups attached to an aromatic ring is 1. The van der Waals surface area contributed by atoms with E-state index in [0.29, 0.717) is 17.8 Å². The van der Waals surface area contributed by atoms with Gasteiger partial charge < -0.3 is 10.3 Å². The van der Waals surface area contributed by atoms with Gasteiger partial charge in [-0.2, -0.15) is 0 Å². The molecule has 0 spiro atoms. The van der Waals surface area contributed by atoms with Crippen molar-refractivity contribution >= 4 is 17.1 Å². The van der Waals surface area contributed by atoms with Gasteiger partial charge in [-0.15, -0.1) is 0 Å². The highest BCUT2D eigenvalue weighted by Crippen LogP contribution is 2.35. The molecule has 1 saturated heterocycles. The van der Waals surface area contributed by atoms with E-state index in [1.165, 1.54) is 6.07 Å². The van der Waals surface area contributed by atoms with Crippen LogP contribution in [-0.4, -0.2) is 17.0 Å². The third kappa shape index (κ3) is 2.63. The predicted molar refractivity (Wildman–Crippen MR) is 76.2 cm³/mol. The number of anilines is 2. The molecule has 2 unspecified atom stereocenters. The topological polar surface area (TPSA) is 84.4 Å². The normalized spacial score (nSPS) is 22.6. The lowest BCUT2D eigenvalue weighted by Gasteiger charge is -2.30. The Bertz CT molecular complexity index is 478. The molecule has 6 heteroatoms. The van der Waals surface area contributed by atoms with Crippen LogP contribution in [-0.2, 0) is 0 Å². The summed E-state index contributed by atoms with van der Waals surface area (Å²) >= 11 is 0. The Kier molecular flexibility index (Phi) is 3.90. The summed E-state index contributed by atoms with van der Waals surface area (Å²) in [6.07, 6.45) is 3.29. The largest absolute Gasteiger partial charge is 0.366 e. The zero-order chi connectivity index (χ0) is 14.0. The van der Waals surface area contributed by atoms with Crippen molar-refractivity contribution in [1.29, 1.82) is 0 Å². The molecule has 104 valence electrons. The maximum atomic E-state index is 11.0. The zero-order valence-corrected chi connectivity index (χ0v) is 11.3. The number of nitrogens with two attached hydrogens (primary N) is 1. The average molecular weight is 264 g/mol. The fraction of sp³-hybridized carbons (Fsp3) is 0.538. The first-order chi connectivity index (χ1) is 9.06. The lowest BCUT2D eigenvalue weighted by atomic mass is 10.1. The van der Waals surface area contributed by atoms with Crippen LogP contribution in [0.5, 0.6) is 0 Å². The molecule has 19 heavy (non-hydrogen) atoms. The molecule has 0 bridgehead atoms. The van der Waals surface area contributed by atoms with Gasteiger partial charge in [0.1, 0.15) is 0 Å². The van der Waals surface area contributed by atoms with Crippen LogP contribution in [0.1, 0.15) is 33.1 Å². The number of hydrogen-bond acceptors (Lipinski definition) is 5. The number of hydrogen-bond donors (Lipinski definition) is 2. The van der Waals surface area contributed by atoms with Crippen LogP contribution in [0.15, 0.2) is 18.2 Å². The van der Waals surface area contributed by atoms with Gasteiger partial charge in [0.05, 0.1) is 10.6 Å². The van der Waals surface area contributed by atoms with E-state index in [9.17, 15) is 10.1 Å². The molecule has 1 aromatic carbocycles. The summed E-state index contributed by atoms with van der Waals surface area (Å²) in [6, 6.07) is 5.80. The number of nitrogens with one attached hydrogen (secondary N) is 1. The van der Waals surface area contributed by atoms with Gasteiger partial charge in [-0.05, 0) is 32.3 Å². The van der Waals surface area contributed by atoms with Crippen molar-refractivity contribution in [1.82, 2.24) is 0 Å². The van der Waals surface area contributed by atoms with Crippen molar-refractivity contribution in [3.8, 4) is 0 Å². The Balaban J connectivity index is 2.42. The fourth-order valence-electron chi connectivity index (χ4n) is 2.87. The molecule has 6 nitrogen and oxygen atoms in total. The van der Waals surface area contributed by atoms with Gasteiger partial charge in [-0.25, -0.2) is 0 Å². The standard InChI is InChI=1S/C13H20N4O2/c1-3-11-5-4-9(2)16(11)12-6-10(15-14)7-13(8-12)17(18)19/h6-9,11,15H,3-5,14H2,1-2H3. The second-order valence-corrected chi connectivity index (χ2v) is 5.04. The van der Waals surface area contributed by atoms with E-state index in [1.807, 2.05) is 6.07 Å². The Morgan fingerprint density at radius 2 is 2.21 bits per heavy atom. The summed E-state index contributed by atoms with van der Waals surface area (Å²) in [5.74, 6) is 5.40. The fourth-order valence-corrected chi connectivity index (χ4v) is 2.87. The summed E-state index contributed by atoms with van der Waals surface area (Å²) in [5.41, 5.74) is 4.01. The molecule has 0 amide bonds. The van der Waals surface area contributed by atoms with Crippen molar-refractivity contribution in [3.05, 3.63) is 28.3 Å². The minimum absolute atomic E-state index is 0.0689. The number of nitrogens with zero attached hydrogens (tertiary/aromatic N) is 2. The number of benzene rings is 1. The third-order valence-electron chi connectivity index (χ3n) is 3.84. The number of non-ortho nitro benzene ring substituents is 1. The first-order valence-corrected chi connectivity index (χ1v) is 6.61. The highest BCUT2D eigenvalue weighted by Gasteiger charge is 2.30. The average Bonchev–Trinajstić information content (AvgIpc) is 2.79. The van der Waals surface area contributed by atoms with Crippen LogP contribution in [0, 0.1) is 10.1 Å². The van der Waals surface area contributed by atoms with Crippen LogP contribution >= 0.6 is 0 Å². The lowest BCUT2D eigenvalue weighted by Crippen LogP contribution is -2.34. The Morgan fingerprint density at radius 1 is 1.47 bits per heavy atom. The maximum absolute atomic E-state index is 11.0. The lowest BCUT2D eigenvalue weighted by molar-refractivity contribution is -0.384. The zero-order valence-electron chi connectivity index (χ0n) is 11.3. The van der Waals surface area contributed by atoms with Crippen molar-refractivity contribution in [2.45, 2.75) is 45.2 Å². The molecule has 0 radical (unpaired) electrons. The van der Waals surface area contributed by atoms with Gasteiger partial charge in [0.15, 0.2) is 0 Å². The smallest absolute Gasteiger partial charge is 0.273 e. The van der Waals surface area contributed by atoms with E-state index < -0.39 is 0 Å². The molecule has 0 aromatic heterocycles. The molecule has 1 heterocycles. The maximum Gasteiger partial charge on any atom is 0.273 e. The summed E-state index contributed by atoms with van der Waals surface area (Å²) < 4.78 is 0. The monoisotopic (exact) mass is 264 g/mol. The summed E-state index contributed by atoms with van der Waals surface area (Å²) in [6.45, 7) is 4.30. The molecule has 2 rings (SSSR count). The van der Waals surface area contributed by atoms with Crippen LogP contribution in [0.2, 0.25) is 0 Å². The summed E-state index contributed by atoms with van der Waals surface area (Å²) in [4.78, 5) is 12.9. The van der Waals surface area contributed by atoms with Gasteiger partial charge in [0.25, 0.3) is 5.69 Å². The quantitative estimate of drug-likeness (QED) is 0.496. The van der Waals surface area contributed by atoms with E-state index in [-0.39, 0.29) is 10.6 Å². The van der Waals surface area contributed by atoms with Gasteiger partial charge in [0.2, 0.25) is 0 Å². The van der Waals surface area contributed by atoms with Crippen molar-refractivity contribution < 1.29 is 4.92 Å². The molecule has 1 fully saturated rings. The molecular formula is C13H20N4O2. The van der Waals surface area contributed by atoms with Crippen LogP contribution in [0.25, 0.3) is 0 Å². The minimum Gasteiger partial charge on any atom is -0.366 e. The minimum atomic E-state index is -0.383. The molecule has 1 aliphatic rings. The van der Waals surface area contributed by atoms with Crippen molar-refractivity contribution in [2.24, 2.45) is 5.84 Å². The molecule has 3 N–H and O–H groups in total. The van der Waals surface area contributed by atoms with E-state index in [4.69, 9.17) is 5.84 Å². The first kappa shape index (κ1) is 13.6. The van der Waals surface area contributed by atoms with E-state index in [0.717, 1.165) is 24.9 Å². The second kappa shape index (κ2) is 5.44. The second-order valence-electron chi connectivity index (χ2n) is 5.04. The summed E-state index contributed by atoms with van der Waals surface area (Å²) in [5, 5.41) is 11.0. The molecule has 0 saturated carbocycles. The predicted octanol–water partition coefficient (Wildman–Crippen LogP) is 2.65. The number of rotatable bonds is 4. The van der Waals surface area contributed by atoms with Crippen LogP contribution in [0.3, 0.4) is 0 Å². The highest BCUT2D eigenvalue weighted by molar-refractivity contribution is 5.65. The van der Waals surface area contributed by atoms with E-state index in [2.05, 4.69) is 24.2 Å². The third-order valence-corrected chi connectivity index (χ3v) is 3.84. The number of hydrazine groups is 1. The van der Waals surface area contributed by atoms with E-state index in [1.54, 1.807) is 6.07 Å². The van der Waals surface area contributed by atoms with Gasteiger partial charge in [-0.3, -0.25) is 16.0 Å². The van der Waals surface area contributed by atoms with E-state index >= 15 is 0 Å². The summed E-state index contributed by atoms with van der Waals surface area (Å²) in [7, 11) is 0. The Hall–Kier alpha value is -1.82. The highest BCUT2D eigenvalue weighted by atomic mass is 16.6. The number of nitro benzene ring substituents is 1. The molecule has 1 aromatic rings. The van der Waals surface area contributed by atoms with Crippen LogP contribution in [0.4, 0.5) is 17.1 Å². The molecule has 0 aliphatic carbocycles. The van der Waals surface area contributed by atoms with Gasteiger partial charge in [0, 0.05) is 29.9 Å². The SMILES string of the molecule is CCC1CCC(C)N1c1cc(NN)cc([N+](=O)[O-])c1. The van der Waals surface area contributed by atoms with Crippen LogP contribution < -0.4 is 16.2 Å². The van der Waals surface area contributed by atoms with Gasteiger partial charge >= 0.3 is 0 Å². The van der Waals surface area contributed by atoms with Gasteiger partial charge in [-0.1, -0.05) is 6.92 Å². The number of nitro groups is 1. The first-order valence-electron chi connectivity index (χ1n) is 6.61. The Morgan fingerprint density at radius 3 is 2.79 bits per heavy atom.